The standard InChI is InChI=1S/C20H23BrN4O2/c21-17-6-2-1-4-15(17)13-25-18(9-10-22-25)23-19(26)16-5-3-11-24(12-16)20(27)14-7-8-14/h1-2,4,6,9-10,14,16H,3,5,7-8,11-13H2,(H,23,26). The molecule has 2 aliphatic rings. The zero-order valence-corrected chi connectivity index (χ0v) is 16.7. The van der Waals surface area contributed by atoms with Crippen LogP contribution in [0.3, 0.4) is 0 Å². The van der Waals surface area contributed by atoms with Gasteiger partial charge in [-0.2, -0.15) is 5.10 Å². The van der Waals surface area contributed by atoms with Gasteiger partial charge in [-0.3, -0.25) is 9.59 Å². The lowest BCUT2D eigenvalue weighted by Crippen LogP contribution is -2.44. The number of aromatic nitrogens is 2. The Morgan fingerprint density at radius 1 is 1.15 bits per heavy atom. The Hall–Kier alpha value is -2.15. The van der Waals surface area contributed by atoms with Crippen LogP contribution >= 0.6 is 15.9 Å². The molecule has 0 bridgehead atoms. The molecule has 0 radical (unpaired) electrons. The van der Waals surface area contributed by atoms with Gasteiger partial charge in [0.1, 0.15) is 5.82 Å². The van der Waals surface area contributed by atoms with E-state index in [1.165, 1.54) is 0 Å². The Labute approximate surface area is 167 Å². The first kappa shape index (κ1) is 18.2. The fourth-order valence-electron chi connectivity index (χ4n) is 3.56. The van der Waals surface area contributed by atoms with Crippen LogP contribution in [0.4, 0.5) is 5.82 Å². The fourth-order valence-corrected chi connectivity index (χ4v) is 3.97. The first-order valence-corrected chi connectivity index (χ1v) is 10.3. The molecule has 1 aliphatic heterocycles. The Morgan fingerprint density at radius 2 is 1.96 bits per heavy atom. The maximum atomic E-state index is 12.8. The van der Waals surface area contributed by atoms with Crippen molar-refractivity contribution < 1.29 is 9.59 Å². The summed E-state index contributed by atoms with van der Waals surface area (Å²) in [6, 6.07) is 9.78. The van der Waals surface area contributed by atoms with Crippen LogP contribution < -0.4 is 5.32 Å². The summed E-state index contributed by atoms with van der Waals surface area (Å²) in [4.78, 5) is 27.0. The highest BCUT2D eigenvalue weighted by Gasteiger charge is 2.36. The van der Waals surface area contributed by atoms with E-state index in [4.69, 9.17) is 0 Å². The molecule has 2 aromatic rings. The maximum Gasteiger partial charge on any atom is 0.230 e. The van der Waals surface area contributed by atoms with Crippen LogP contribution in [0.5, 0.6) is 0 Å². The first-order valence-electron chi connectivity index (χ1n) is 9.46. The van der Waals surface area contributed by atoms with E-state index in [-0.39, 0.29) is 23.7 Å². The minimum Gasteiger partial charge on any atom is -0.342 e. The molecule has 1 saturated heterocycles. The number of piperidine rings is 1. The second-order valence-electron chi connectivity index (χ2n) is 7.35. The van der Waals surface area contributed by atoms with E-state index in [0.29, 0.717) is 18.9 Å². The van der Waals surface area contributed by atoms with Crippen molar-refractivity contribution in [1.29, 1.82) is 0 Å². The second-order valence-corrected chi connectivity index (χ2v) is 8.21. The number of amides is 2. The Bertz CT molecular complexity index is 846. The summed E-state index contributed by atoms with van der Waals surface area (Å²) in [5.41, 5.74) is 1.09. The number of carbonyl (C=O) groups excluding carboxylic acids is 2. The zero-order chi connectivity index (χ0) is 18.8. The van der Waals surface area contributed by atoms with Gasteiger partial charge in [-0.05, 0) is 37.3 Å². The van der Waals surface area contributed by atoms with E-state index >= 15 is 0 Å². The van der Waals surface area contributed by atoms with E-state index in [9.17, 15) is 9.59 Å². The Morgan fingerprint density at radius 3 is 2.74 bits per heavy atom. The molecule has 6 nitrogen and oxygen atoms in total. The topological polar surface area (TPSA) is 67.2 Å². The maximum absolute atomic E-state index is 12.8. The molecular weight excluding hydrogens is 408 g/mol. The third-order valence-corrected chi connectivity index (χ3v) is 6.05. The lowest BCUT2D eigenvalue weighted by Gasteiger charge is -2.32. The van der Waals surface area contributed by atoms with Crippen molar-refractivity contribution in [2.75, 3.05) is 18.4 Å². The monoisotopic (exact) mass is 430 g/mol. The van der Waals surface area contributed by atoms with Crippen molar-refractivity contribution in [3.8, 4) is 0 Å². The molecule has 1 saturated carbocycles. The van der Waals surface area contributed by atoms with Gasteiger partial charge < -0.3 is 10.2 Å². The summed E-state index contributed by atoms with van der Waals surface area (Å²) < 4.78 is 2.80. The summed E-state index contributed by atoms with van der Waals surface area (Å²) in [6.07, 6.45) is 5.39. The van der Waals surface area contributed by atoms with Crippen LogP contribution in [0.1, 0.15) is 31.2 Å². The van der Waals surface area contributed by atoms with Gasteiger partial charge in [0.05, 0.1) is 18.7 Å². The number of hydrogen-bond acceptors (Lipinski definition) is 3. The number of benzene rings is 1. The third kappa shape index (κ3) is 4.24. The van der Waals surface area contributed by atoms with Gasteiger partial charge in [0.15, 0.2) is 0 Å². The van der Waals surface area contributed by atoms with Gasteiger partial charge in [-0.1, -0.05) is 34.1 Å². The zero-order valence-electron chi connectivity index (χ0n) is 15.1. The molecule has 1 aliphatic carbocycles. The van der Waals surface area contributed by atoms with E-state index in [0.717, 1.165) is 42.3 Å². The largest absolute Gasteiger partial charge is 0.342 e. The van der Waals surface area contributed by atoms with E-state index < -0.39 is 0 Å². The molecule has 27 heavy (non-hydrogen) atoms. The van der Waals surface area contributed by atoms with Gasteiger partial charge in [-0.25, -0.2) is 4.68 Å². The lowest BCUT2D eigenvalue weighted by atomic mass is 9.96. The predicted octanol–water partition coefficient (Wildman–Crippen LogP) is 3.28. The van der Waals surface area contributed by atoms with Gasteiger partial charge >= 0.3 is 0 Å². The molecule has 1 unspecified atom stereocenters. The van der Waals surface area contributed by atoms with Crippen molar-refractivity contribution in [2.24, 2.45) is 11.8 Å². The normalized spacial score (nSPS) is 19.7. The fraction of sp³-hybridized carbons (Fsp3) is 0.450. The summed E-state index contributed by atoms with van der Waals surface area (Å²) in [5.74, 6) is 0.927. The van der Waals surface area contributed by atoms with Crippen molar-refractivity contribution >= 4 is 33.6 Å². The van der Waals surface area contributed by atoms with Crippen molar-refractivity contribution in [2.45, 2.75) is 32.2 Å². The molecule has 1 N–H and O–H groups in total. The number of carbonyl (C=O) groups is 2. The average molecular weight is 431 g/mol. The van der Waals surface area contributed by atoms with Crippen LogP contribution in [0.2, 0.25) is 0 Å². The molecule has 2 fully saturated rings. The molecule has 7 heteroatoms. The number of halogens is 1. The number of anilines is 1. The Kier molecular flexibility index (Phi) is 5.29. The molecule has 2 heterocycles. The highest BCUT2D eigenvalue weighted by Crippen LogP contribution is 2.32. The molecule has 4 rings (SSSR count). The van der Waals surface area contributed by atoms with Crippen LogP contribution in [0.25, 0.3) is 0 Å². The van der Waals surface area contributed by atoms with Crippen molar-refractivity contribution in [1.82, 2.24) is 14.7 Å². The van der Waals surface area contributed by atoms with Gasteiger partial charge in [0.2, 0.25) is 11.8 Å². The minimum atomic E-state index is -0.159. The number of rotatable bonds is 5. The first-order chi connectivity index (χ1) is 13.1. The molecular formula is C20H23BrN4O2. The average Bonchev–Trinajstić information content (AvgIpc) is 3.45. The van der Waals surface area contributed by atoms with Gasteiger partial charge in [-0.15, -0.1) is 0 Å². The summed E-state index contributed by atoms with van der Waals surface area (Å²) in [6.45, 7) is 1.87. The predicted molar refractivity (Wildman–Crippen MR) is 106 cm³/mol. The summed E-state index contributed by atoms with van der Waals surface area (Å²) in [5, 5.41) is 7.35. The van der Waals surface area contributed by atoms with Crippen molar-refractivity contribution in [3.63, 3.8) is 0 Å². The van der Waals surface area contributed by atoms with E-state index in [1.54, 1.807) is 10.9 Å². The molecule has 0 spiro atoms. The lowest BCUT2D eigenvalue weighted by molar-refractivity contribution is -0.135. The van der Waals surface area contributed by atoms with Crippen LogP contribution in [-0.4, -0.2) is 39.6 Å². The minimum absolute atomic E-state index is 0.0304. The van der Waals surface area contributed by atoms with Crippen LogP contribution in [0.15, 0.2) is 41.0 Å². The molecule has 1 aromatic heterocycles. The van der Waals surface area contributed by atoms with Gasteiger partial charge in [0, 0.05) is 29.5 Å². The SMILES string of the molecule is O=C(Nc1ccnn1Cc1ccccc1Br)C1CCCN(C(=O)C2CC2)C1. The van der Waals surface area contributed by atoms with Crippen LogP contribution in [0, 0.1) is 11.8 Å². The summed E-state index contributed by atoms with van der Waals surface area (Å²) >= 11 is 3.55. The molecule has 142 valence electrons. The van der Waals surface area contributed by atoms with E-state index in [2.05, 4.69) is 26.3 Å². The molecule has 1 atom stereocenters. The van der Waals surface area contributed by atoms with Crippen molar-refractivity contribution in [3.05, 3.63) is 46.6 Å². The highest BCUT2D eigenvalue weighted by molar-refractivity contribution is 9.10. The number of nitrogens with zero attached hydrogens (tertiary/aromatic N) is 3. The molecule has 2 amide bonds. The molecule has 1 aromatic carbocycles. The summed E-state index contributed by atoms with van der Waals surface area (Å²) in [7, 11) is 0. The third-order valence-electron chi connectivity index (χ3n) is 5.28. The highest BCUT2D eigenvalue weighted by atomic mass is 79.9. The van der Waals surface area contributed by atoms with E-state index in [1.807, 2.05) is 35.2 Å². The number of likely N-dealkylation sites (tertiary alicyclic amines) is 1. The number of hydrogen-bond donors (Lipinski definition) is 1. The second kappa shape index (κ2) is 7.84. The Balaban J connectivity index is 1.40. The quantitative estimate of drug-likeness (QED) is 0.790. The van der Waals surface area contributed by atoms with Crippen LogP contribution in [-0.2, 0) is 16.1 Å². The smallest absolute Gasteiger partial charge is 0.230 e. The number of nitrogens with one attached hydrogen (secondary N) is 1. The van der Waals surface area contributed by atoms with Gasteiger partial charge in [0.25, 0.3) is 0 Å².